The van der Waals surface area contributed by atoms with Gasteiger partial charge >= 0.3 is 7.82 Å². The van der Waals surface area contributed by atoms with Crippen LogP contribution in [0, 0.1) is 17.7 Å². The third-order valence-electron chi connectivity index (χ3n) is 5.85. The maximum atomic E-state index is 13.3. The standard InChI is InChI=1S/C27H31FN7O5P/c1-2-35(13-15-40-41(36,37)38)12-4-3-6-20-9-10-23-24(16-20)30-19-31-27(23)32-25-18-26(34-33-25)39-14-11-29-22-8-5-7-21(28)17-22/h5,7-10,16-19,29H,2,4,11-15H2,1H3,(H2,36,37,38)(H2,30,31,32,33,34). The lowest BCUT2D eigenvalue weighted by atomic mass is 10.1. The van der Waals surface area contributed by atoms with E-state index in [0.29, 0.717) is 62.4 Å². The number of aromatic amines is 1. The molecule has 0 radical (unpaired) electrons. The predicted octanol–water partition coefficient (Wildman–Crippen LogP) is 3.90. The molecule has 0 amide bonds. The van der Waals surface area contributed by atoms with E-state index >= 15 is 0 Å². The van der Waals surface area contributed by atoms with Crippen molar-refractivity contribution in [2.24, 2.45) is 0 Å². The van der Waals surface area contributed by atoms with Crippen LogP contribution in [0.25, 0.3) is 10.9 Å². The molecule has 4 rings (SSSR count). The van der Waals surface area contributed by atoms with Crippen LogP contribution in [0.2, 0.25) is 0 Å². The first kappa shape index (κ1) is 29.9. The normalized spacial score (nSPS) is 11.3. The Morgan fingerprint density at radius 3 is 2.80 bits per heavy atom. The lowest BCUT2D eigenvalue weighted by Crippen LogP contribution is -2.28. The van der Waals surface area contributed by atoms with Crippen LogP contribution in [0.1, 0.15) is 18.9 Å². The fourth-order valence-corrected chi connectivity index (χ4v) is 4.17. The van der Waals surface area contributed by atoms with Crippen molar-refractivity contribution in [3.8, 4) is 17.7 Å². The third kappa shape index (κ3) is 9.82. The van der Waals surface area contributed by atoms with Crippen molar-refractivity contribution in [2.45, 2.75) is 13.3 Å². The number of hydrogen-bond donors (Lipinski definition) is 5. The van der Waals surface area contributed by atoms with Gasteiger partial charge in [0.25, 0.3) is 0 Å². The zero-order chi connectivity index (χ0) is 29.1. The van der Waals surface area contributed by atoms with E-state index in [-0.39, 0.29) is 12.4 Å². The van der Waals surface area contributed by atoms with Gasteiger partial charge in [-0.1, -0.05) is 24.8 Å². The van der Waals surface area contributed by atoms with E-state index in [4.69, 9.17) is 14.5 Å². The van der Waals surface area contributed by atoms with E-state index in [1.165, 1.54) is 18.5 Å². The summed E-state index contributed by atoms with van der Waals surface area (Å²) in [6.45, 7) is 4.50. The number of H-pyrrole nitrogens is 1. The Labute approximate surface area is 236 Å². The molecule has 216 valence electrons. The lowest BCUT2D eigenvalue weighted by Gasteiger charge is -2.18. The second kappa shape index (κ2) is 14.5. The summed E-state index contributed by atoms with van der Waals surface area (Å²) in [4.78, 5) is 28.3. The second-order valence-electron chi connectivity index (χ2n) is 8.79. The van der Waals surface area contributed by atoms with Gasteiger partial charge in [-0.25, -0.2) is 18.9 Å². The molecule has 2 aromatic heterocycles. The first-order valence-corrected chi connectivity index (χ1v) is 14.4. The Morgan fingerprint density at radius 2 is 2.00 bits per heavy atom. The number of hydrogen-bond acceptors (Lipinski definition) is 9. The van der Waals surface area contributed by atoms with E-state index in [0.717, 1.165) is 16.5 Å². The van der Waals surface area contributed by atoms with E-state index in [1.54, 1.807) is 18.2 Å². The molecule has 0 aliphatic heterocycles. The average Bonchev–Trinajstić information content (AvgIpc) is 3.39. The molecule has 12 nitrogen and oxygen atoms in total. The minimum absolute atomic E-state index is 0.0469. The van der Waals surface area contributed by atoms with E-state index in [1.807, 2.05) is 30.0 Å². The summed E-state index contributed by atoms with van der Waals surface area (Å²) >= 11 is 0. The fraction of sp³-hybridized carbons (Fsp3) is 0.296. The minimum atomic E-state index is -4.45. The Kier molecular flexibility index (Phi) is 10.6. The highest BCUT2D eigenvalue weighted by atomic mass is 31.2. The van der Waals surface area contributed by atoms with Gasteiger partial charge < -0.3 is 30.1 Å². The molecule has 0 aliphatic carbocycles. The summed E-state index contributed by atoms with van der Waals surface area (Å²) in [7, 11) is -4.45. The zero-order valence-electron chi connectivity index (χ0n) is 22.4. The molecule has 0 spiro atoms. The van der Waals surface area contributed by atoms with E-state index in [9.17, 15) is 8.96 Å². The number of aromatic nitrogens is 4. The zero-order valence-corrected chi connectivity index (χ0v) is 23.3. The van der Waals surface area contributed by atoms with Crippen LogP contribution in [-0.4, -0.2) is 74.2 Å². The topological polar surface area (TPSA) is 158 Å². The first-order valence-electron chi connectivity index (χ1n) is 12.9. The van der Waals surface area contributed by atoms with Crippen LogP contribution < -0.4 is 15.4 Å². The van der Waals surface area contributed by atoms with Gasteiger partial charge in [0.05, 0.1) is 12.1 Å². The highest BCUT2D eigenvalue weighted by Gasteiger charge is 2.14. The molecule has 0 atom stereocenters. The number of benzene rings is 2. The van der Waals surface area contributed by atoms with Crippen LogP contribution in [0.15, 0.2) is 54.9 Å². The Bertz CT molecular complexity index is 1550. The van der Waals surface area contributed by atoms with Crippen molar-refractivity contribution in [2.75, 3.05) is 50.0 Å². The van der Waals surface area contributed by atoms with E-state index in [2.05, 4.69) is 47.2 Å². The summed E-state index contributed by atoms with van der Waals surface area (Å²) in [6, 6.07) is 13.6. The van der Waals surface area contributed by atoms with Gasteiger partial charge in [-0.3, -0.25) is 9.62 Å². The molecule has 2 heterocycles. The molecule has 5 N–H and O–H groups in total. The summed E-state index contributed by atoms with van der Waals surface area (Å²) in [5.41, 5.74) is 2.20. The third-order valence-corrected chi connectivity index (χ3v) is 6.37. The number of ether oxygens (including phenoxy) is 1. The Hall–Kier alpha value is -4.05. The van der Waals surface area contributed by atoms with Gasteiger partial charge in [-0.2, -0.15) is 0 Å². The highest BCUT2D eigenvalue weighted by molar-refractivity contribution is 7.46. The smallest absolute Gasteiger partial charge is 0.469 e. The van der Waals surface area contributed by atoms with Gasteiger partial charge in [-0.15, -0.1) is 5.10 Å². The number of likely N-dealkylation sites (N-methyl/N-ethyl adjacent to an activating group) is 1. The van der Waals surface area contributed by atoms with Crippen molar-refractivity contribution in [1.29, 1.82) is 0 Å². The predicted molar refractivity (Wildman–Crippen MR) is 153 cm³/mol. The van der Waals surface area contributed by atoms with Crippen LogP contribution >= 0.6 is 7.82 Å². The van der Waals surface area contributed by atoms with Crippen molar-refractivity contribution < 1.29 is 28.0 Å². The quantitative estimate of drug-likeness (QED) is 0.0833. The van der Waals surface area contributed by atoms with Crippen LogP contribution in [0.5, 0.6) is 5.88 Å². The molecular formula is C27H31FN7O5P. The van der Waals surface area contributed by atoms with Crippen molar-refractivity contribution in [3.05, 3.63) is 66.2 Å². The molecule has 14 heteroatoms. The fourth-order valence-electron chi connectivity index (χ4n) is 3.85. The maximum absolute atomic E-state index is 13.3. The molecular weight excluding hydrogens is 552 g/mol. The van der Waals surface area contributed by atoms with Crippen molar-refractivity contribution >= 4 is 36.0 Å². The first-order chi connectivity index (χ1) is 19.8. The minimum Gasteiger partial charge on any atom is -0.475 e. The summed E-state index contributed by atoms with van der Waals surface area (Å²) in [5.74, 6) is 7.55. The van der Waals surface area contributed by atoms with Crippen molar-refractivity contribution in [3.63, 3.8) is 0 Å². The number of anilines is 3. The molecule has 0 saturated carbocycles. The van der Waals surface area contributed by atoms with E-state index < -0.39 is 7.82 Å². The SMILES string of the molecule is CCN(CCC#Cc1ccc2c(Nc3cc(OCCNc4cccc(F)c4)n[nH]3)ncnc2c1)CCOP(=O)(O)O. The summed E-state index contributed by atoms with van der Waals surface area (Å²) in [6.07, 6.45) is 2.05. The number of nitrogens with one attached hydrogen (secondary N) is 3. The Morgan fingerprint density at radius 1 is 1.12 bits per heavy atom. The number of halogens is 1. The number of phosphoric acid groups is 1. The summed E-state index contributed by atoms with van der Waals surface area (Å²) in [5, 5.41) is 14.1. The highest BCUT2D eigenvalue weighted by Crippen LogP contribution is 2.35. The lowest BCUT2D eigenvalue weighted by molar-refractivity contribution is 0.165. The van der Waals surface area contributed by atoms with Crippen LogP contribution in [0.3, 0.4) is 0 Å². The summed E-state index contributed by atoms with van der Waals surface area (Å²) < 4.78 is 34.2. The molecule has 41 heavy (non-hydrogen) atoms. The molecule has 0 fully saturated rings. The molecule has 0 unspecified atom stereocenters. The molecule has 2 aromatic carbocycles. The van der Waals surface area contributed by atoms with Gasteiger partial charge in [0.15, 0.2) is 0 Å². The molecule has 0 bridgehead atoms. The van der Waals surface area contributed by atoms with Gasteiger partial charge in [0, 0.05) is 48.8 Å². The molecule has 4 aromatic rings. The monoisotopic (exact) mass is 583 g/mol. The average molecular weight is 584 g/mol. The van der Waals surface area contributed by atoms with Crippen LogP contribution in [-0.2, 0) is 9.09 Å². The molecule has 0 saturated heterocycles. The number of nitrogens with zero attached hydrogens (tertiary/aromatic N) is 4. The Balaban J connectivity index is 1.28. The number of phosphoric ester groups is 1. The number of rotatable bonds is 14. The largest absolute Gasteiger partial charge is 0.475 e. The van der Waals surface area contributed by atoms with Gasteiger partial charge in [-0.05, 0) is 42.9 Å². The maximum Gasteiger partial charge on any atom is 0.469 e. The molecule has 0 aliphatic rings. The second-order valence-corrected chi connectivity index (χ2v) is 10.0. The number of fused-ring (bicyclic) bond motifs is 1. The van der Waals surface area contributed by atoms with Crippen molar-refractivity contribution in [1.82, 2.24) is 25.1 Å². The van der Waals surface area contributed by atoms with Crippen LogP contribution in [0.4, 0.5) is 21.7 Å². The van der Waals surface area contributed by atoms with Gasteiger partial charge in [0.2, 0.25) is 5.88 Å². The van der Waals surface area contributed by atoms with Gasteiger partial charge in [0.1, 0.15) is 30.4 Å².